The summed E-state index contributed by atoms with van der Waals surface area (Å²) in [6, 6.07) is 10.6. The van der Waals surface area contributed by atoms with Gasteiger partial charge in [0.05, 0.1) is 10.7 Å². The maximum absolute atomic E-state index is 12.8. The standard InChI is InChI=1S/C20H22Cl2N2O2/c1-13-9-14(2)11-24(10-13)20(25)17-7-3-5-15(23-17)12-26-18-8-4-6-16(21)19(18)22/h3-8,13-14H,9-12H2,1-2H3. The van der Waals surface area contributed by atoms with Crippen LogP contribution < -0.4 is 4.74 Å². The Morgan fingerprint density at radius 3 is 2.58 bits per heavy atom. The van der Waals surface area contributed by atoms with Gasteiger partial charge in [-0.15, -0.1) is 0 Å². The molecule has 0 saturated carbocycles. The van der Waals surface area contributed by atoms with Gasteiger partial charge in [-0.2, -0.15) is 0 Å². The number of benzene rings is 1. The van der Waals surface area contributed by atoms with E-state index in [0.717, 1.165) is 19.5 Å². The molecule has 0 bridgehead atoms. The van der Waals surface area contributed by atoms with Crippen LogP contribution in [-0.4, -0.2) is 28.9 Å². The highest BCUT2D eigenvalue weighted by Crippen LogP contribution is 2.31. The Labute approximate surface area is 164 Å². The van der Waals surface area contributed by atoms with Crippen LogP contribution >= 0.6 is 23.2 Å². The van der Waals surface area contributed by atoms with Gasteiger partial charge in [0.2, 0.25) is 0 Å². The van der Waals surface area contributed by atoms with Gasteiger partial charge in [-0.05, 0) is 42.5 Å². The average molecular weight is 393 g/mol. The summed E-state index contributed by atoms with van der Waals surface area (Å²) in [5.41, 5.74) is 1.12. The number of carbonyl (C=O) groups is 1. The molecule has 0 aliphatic carbocycles. The molecule has 1 aromatic heterocycles. The number of likely N-dealkylation sites (tertiary alicyclic amines) is 1. The van der Waals surface area contributed by atoms with Gasteiger partial charge in [-0.3, -0.25) is 4.79 Å². The van der Waals surface area contributed by atoms with E-state index >= 15 is 0 Å². The minimum atomic E-state index is -0.0222. The molecule has 1 aliphatic heterocycles. The highest BCUT2D eigenvalue weighted by molar-refractivity contribution is 6.42. The second-order valence-corrected chi connectivity index (χ2v) is 7.80. The quantitative estimate of drug-likeness (QED) is 0.727. The number of amides is 1. The molecule has 1 saturated heterocycles. The van der Waals surface area contributed by atoms with Crippen molar-refractivity contribution in [1.82, 2.24) is 9.88 Å². The van der Waals surface area contributed by atoms with E-state index < -0.39 is 0 Å². The Morgan fingerprint density at radius 1 is 1.15 bits per heavy atom. The largest absolute Gasteiger partial charge is 0.486 e. The summed E-state index contributed by atoms with van der Waals surface area (Å²) >= 11 is 12.1. The lowest BCUT2D eigenvalue weighted by Crippen LogP contribution is -2.42. The molecule has 2 heterocycles. The molecule has 2 atom stereocenters. The predicted molar refractivity (Wildman–Crippen MR) is 104 cm³/mol. The van der Waals surface area contributed by atoms with E-state index in [4.69, 9.17) is 27.9 Å². The second kappa shape index (κ2) is 8.28. The Hall–Kier alpha value is -1.78. The number of halogens is 2. The number of carbonyl (C=O) groups excluding carboxylic acids is 1. The molecule has 0 radical (unpaired) electrons. The van der Waals surface area contributed by atoms with Crippen LogP contribution in [0.4, 0.5) is 0 Å². The Kier molecular flexibility index (Phi) is 6.05. The normalized spacial score (nSPS) is 20.1. The van der Waals surface area contributed by atoms with Crippen LogP contribution in [0, 0.1) is 11.8 Å². The molecule has 3 rings (SSSR count). The van der Waals surface area contributed by atoms with Gasteiger partial charge < -0.3 is 9.64 Å². The molecule has 6 heteroatoms. The SMILES string of the molecule is CC1CC(C)CN(C(=O)c2cccc(COc3cccc(Cl)c3Cl)n2)C1. The van der Waals surface area contributed by atoms with Crippen LogP contribution in [-0.2, 0) is 6.61 Å². The third-order valence-electron chi connectivity index (χ3n) is 4.47. The summed E-state index contributed by atoms with van der Waals surface area (Å²) < 4.78 is 5.71. The first-order valence-electron chi connectivity index (χ1n) is 8.76. The molecule has 0 spiro atoms. The van der Waals surface area contributed by atoms with Gasteiger partial charge in [0, 0.05) is 13.1 Å². The molecule has 1 aromatic carbocycles. The van der Waals surface area contributed by atoms with Crippen molar-refractivity contribution >= 4 is 29.1 Å². The van der Waals surface area contributed by atoms with Crippen LogP contribution in [0.25, 0.3) is 0 Å². The van der Waals surface area contributed by atoms with Crippen LogP contribution in [0.15, 0.2) is 36.4 Å². The zero-order valence-electron chi connectivity index (χ0n) is 14.9. The lowest BCUT2D eigenvalue weighted by Gasteiger charge is -2.34. The summed E-state index contributed by atoms with van der Waals surface area (Å²) in [5, 5.41) is 0.812. The van der Waals surface area contributed by atoms with E-state index in [2.05, 4.69) is 18.8 Å². The van der Waals surface area contributed by atoms with Gasteiger partial charge in [0.15, 0.2) is 0 Å². The zero-order chi connectivity index (χ0) is 18.7. The first kappa shape index (κ1) is 19.0. The van der Waals surface area contributed by atoms with Crippen LogP contribution in [0.3, 0.4) is 0 Å². The Balaban J connectivity index is 1.70. The molecule has 2 unspecified atom stereocenters. The summed E-state index contributed by atoms with van der Waals surface area (Å²) in [6.45, 7) is 6.14. The molecule has 138 valence electrons. The van der Waals surface area contributed by atoms with Crippen LogP contribution in [0.2, 0.25) is 10.0 Å². The summed E-state index contributed by atoms with van der Waals surface area (Å²) in [4.78, 5) is 19.2. The molecule has 1 fully saturated rings. The average Bonchev–Trinajstić information content (AvgIpc) is 2.62. The summed E-state index contributed by atoms with van der Waals surface area (Å²) in [6.07, 6.45) is 1.16. The second-order valence-electron chi connectivity index (χ2n) is 7.01. The van der Waals surface area contributed by atoms with E-state index in [1.807, 2.05) is 17.0 Å². The number of rotatable bonds is 4. The smallest absolute Gasteiger partial charge is 0.272 e. The Bertz CT molecular complexity index is 787. The van der Waals surface area contributed by atoms with Crippen molar-refractivity contribution in [3.05, 3.63) is 57.8 Å². The van der Waals surface area contributed by atoms with E-state index in [1.165, 1.54) is 0 Å². The minimum absolute atomic E-state index is 0.0222. The van der Waals surface area contributed by atoms with Gasteiger partial charge >= 0.3 is 0 Å². The van der Waals surface area contributed by atoms with Crippen LogP contribution in [0.1, 0.15) is 36.5 Å². The van der Waals surface area contributed by atoms with Crippen molar-refractivity contribution < 1.29 is 9.53 Å². The lowest BCUT2D eigenvalue weighted by molar-refractivity contribution is 0.0616. The fourth-order valence-corrected chi connectivity index (χ4v) is 3.76. The number of pyridine rings is 1. The lowest BCUT2D eigenvalue weighted by atomic mass is 9.92. The highest BCUT2D eigenvalue weighted by atomic mass is 35.5. The molecule has 0 N–H and O–H groups in total. The number of hydrogen-bond acceptors (Lipinski definition) is 3. The summed E-state index contributed by atoms with van der Waals surface area (Å²) in [5.74, 6) is 1.50. The van der Waals surface area contributed by atoms with E-state index in [-0.39, 0.29) is 12.5 Å². The van der Waals surface area contributed by atoms with Gasteiger partial charge in [0.1, 0.15) is 23.1 Å². The topological polar surface area (TPSA) is 42.4 Å². The number of aromatic nitrogens is 1. The zero-order valence-corrected chi connectivity index (χ0v) is 16.4. The molecular weight excluding hydrogens is 371 g/mol. The van der Waals surface area contributed by atoms with Crippen molar-refractivity contribution in [3.8, 4) is 5.75 Å². The molecular formula is C20H22Cl2N2O2. The molecule has 26 heavy (non-hydrogen) atoms. The molecule has 2 aromatic rings. The fraction of sp³-hybridized carbons (Fsp3) is 0.400. The van der Waals surface area contributed by atoms with E-state index in [1.54, 1.807) is 24.3 Å². The maximum Gasteiger partial charge on any atom is 0.272 e. The third kappa shape index (κ3) is 4.49. The number of nitrogens with zero attached hydrogens (tertiary/aromatic N) is 2. The number of hydrogen-bond donors (Lipinski definition) is 0. The fourth-order valence-electron chi connectivity index (χ4n) is 3.42. The van der Waals surface area contributed by atoms with Crippen molar-refractivity contribution in [1.29, 1.82) is 0 Å². The number of piperidine rings is 1. The van der Waals surface area contributed by atoms with Gasteiger partial charge in [0.25, 0.3) is 5.91 Å². The summed E-state index contributed by atoms with van der Waals surface area (Å²) in [7, 11) is 0. The van der Waals surface area contributed by atoms with Crippen molar-refractivity contribution in [2.45, 2.75) is 26.9 Å². The third-order valence-corrected chi connectivity index (χ3v) is 5.28. The first-order chi connectivity index (χ1) is 12.4. The van der Waals surface area contributed by atoms with Crippen LogP contribution in [0.5, 0.6) is 5.75 Å². The molecule has 1 amide bonds. The monoisotopic (exact) mass is 392 g/mol. The van der Waals surface area contributed by atoms with Crippen molar-refractivity contribution in [3.63, 3.8) is 0 Å². The van der Waals surface area contributed by atoms with Gasteiger partial charge in [-0.1, -0.05) is 49.2 Å². The molecule has 4 nitrogen and oxygen atoms in total. The first-order valence-corrected chi connectivity index (χ1v) is 9.51. The maximum atomic E-state index is 12.8. The predicted octanol–water partition coefficient (Wildman–Crippen LogP) is 5.09. The van der Waals surface area contributed by atoms with Gasteiger partial charge in [-0.25, -0.2) is 4.98 Å². The highest BCUT2D eigenvalue weighted by Gasteiger charge is 2.26. The van der Waals surface area contributed by atoms with Crippen molar-refractivity contribution in [2.75, 3.05) is 13.1 Å². The van der Waals surface area contributed by atoms with E-state index in [9.17, 15) is 4.79 Å². The number of ether oxygens (including phenoxy) is 1. The Morgan fingerprint density at radius 2 is 1.85 bits per heavy atom. The minimum Gasteiger partial charge on any atom is -0.486 e. The van der Waals surface area contributed by atoms with E-state index in [0.29, 0.717) is 39.0 Å². The molecule has 1 aliphatic rings. The van der Waals surface area contributed by atoms with Crippen molar-refractivity contribution in [2.24, 2.45) is 11.8 Å².